The van der Waals surface area contributed by atoms with Crippen LogP contribution in [0.25, 0.3) is 11.1 Å². The van der Waals surface area contributed by atoms with Crippen LogP contribution in [0.2, 0.25) is 0 Å². The molecule has 196 valence electrons. The number of nitrogens with zero attached hydrogens (tertiary/aromatic N) is 1. The fourth-order valence-electron chi connectivity index (χ4n) is 4.23. The summed E-state index contributed by atoms with van der Waals surface area (Å²) in [6.07, 6.45) is 5.29. The molecule has 1 fully saturated rings. The summed E-state index contributed by atoms with van der Waals surface area (Å²) in [5.41, 5.74) is 16.3. The molecule has 3 amide bonds. The first-order valence-electron chi connectivity index (χ1n) is 12.5. The lowest BCUT2D eigenvalue weighted by Gasteiger charge is -2.11. The Balaban J connectivity index is 1.50. The first-order valence-corrected chi connectivity index (χ1v) is 12.5. The van der Waals surface area contributed by atoms with E-state index in [1.54, 1.807) is 24.3 Å². The number of aromatic nitrogens is 1. The minimum Gasteiger partial charge on any atom is -0.404 e. The third-order valence-corrected chi connectivity index (χ3v) is 6.42. The van der Waals surface area contributed by atoms with Crippen LogP contribution in [0.5, 0.6) is 0 Å². The summed E-state index contributed by atoms with van der Waals surface area (Å²) in [6, 6.07) is 16.5. The minimum absolute atomic E-state index is 0.0527. The fraction of sp³-hybridized carbons (Fsp3) is 0.241. The average Bonchev–Trinajstić information content (AvgIpc) is 3.63. The SMILES string of the molecule is CC(=O)Nc1cccc(C(=O)NCc2cccc(-c3c[nH]c(C(=N[C@H](C)C4CC4)C(=CN)C(N)=O)c3)c2)c1. The van der Waals surface area contributed by atoms with Crippen LogP contribution >= 0.6 is 0 Å². The van der Waals surface area contributed by atoms with Crippen molar-refractivity contribution in [2.45, 2.75) is 39.3 Å². The Labute approximate surface area is 221 Å². The number of carbonyl (C=O) groups excluding carboxylic acids is 3. The Morgan fingerprint density at radius 3 is 2.55 bits per heavy atom. The maximum atomic E-state index is 12.7. The largest absolute Gasteiger partial charge is 0.404 e. The normalized spacial score (nSPS) is 14.6. The Morgan fingerprint density at radius 2 is 1.87 bits per heavy atom. The molecule has 0 radical (unpaired) electrons. The number of aromatic amines is 1. The predicted octanol–water partition coefficient (Wildman–Crippen LogP) is 3.49. The highest BCUT2D eigenvalue weighted by molar-refractivity contribution is 6.27. The van der Waals surface area contributed by atoms with Crippen molar-refractivity contribution in [2.24, 2.45) is 22.4 Å². The summed E-state index contributed by atoms with van der Waals surface area (Å²) in [4.78, 5) is 44.0. The number of benzene rings is 2. The van der Waals surface area contributed by atoms with E-state index in [4.69, 9.17) is 16.5 Å². The van der Waals surface area contributed by atoms with Gasteiger partial charge >= 0.3 is 0 Å². The van der Waals surface area contributed by atoms with E-state index in [0.29, 0.717) is 35.1 Å². The molecule has 0 spiro atoms. The second-order valence-corrected chi connectivity index (χ2v) is 9.45. The van der Waals surface area contributed by atoms with E-state index >= 15 is 0 Å². The molecule has 0 saturated heterocycles. The lowest BCUT2D eigenvalue weighted by molar-refractivity contribution is -0.115. The van der Waals surface area contributed by atoms with Gasteiger partial charge < -0.3 is 27.1 Å². The molecule has 1 aliphatic rings. The molecule has 1 atom stereocenters. The maximum Gasteiger partial charge on any atom is 0.252 e. The topological polar surface area (TPSA) is 155 Å². The molecule has 7 N–H and O–H groups in total. The second kappa shape index (κ2) is 11.6. The van der Waals surface area contributed by atoms with Gasteiger partial charge in [-0.3, -0.25) is 19.4 Å². The lowest BCUT2D eigenvalue weighted by Crippen LogP contribution is -2.24. The molecule has 0 unspecified atom stereocenters. The Hall–Kier alpha value is -4.66. The number of amides is 3. The van der Waals surface area contributed by atoms with Gasteiger partial charge in [-0.1, -0.05) is 24.3 Å². The van der Waals surface area contributed by atoms with Crippen molar-refractivity contribution >= 4 is 29.1 Å². The number of carbonyl (C=O) groups is 3. The number of aliphatic imine (C=N–C) groups is 1. The number of rotatable bonds is 10. The molecule has 3 aromatic rings. The highest BCUT2D eigenvalue weighted by Gasteiger charge is 2.29. The van der Waals surface area contributed by atoms with Crippen molar-refractivity contribution in [3.8, 4) is 11.1 Å². The highest BCUT2D eigenvalue weighted by atomic mass is 16.2. The molecule has 0 bridgehead atoms. The molecule has 9 heteroatoms. The van der Waals surface area contributed by atoms with Gasteiger partial charge in [0.25, 0.3) is 11.8 Å². The second-order valence-electron chi connectivity index (χ2n) is 9.45. The first-order chi connectivity index (χ1) is 18.2. The zero-order valence-corrected chi connectivity index (χ0v) is 21.5. The third-order valence-electron chi connectivity index (χ3n) is 6.42. The molecule has 0 aliphatic heterocycles. The summed E-state index contributed by atoms with van der Waals surface area (Å²) in [5, 5.41) is 5.60. The van der Waals surface area contributed by atoms with Gasteiger partial charge in [0.15, 0.2) is 0 Å². The number of nitrogens with one attached hydrogen (secondary N) is 3. The van der Waals surface area contributed by atoms with E-state index in [2.05, 4.69) is 15.6 Å². The van der Waals surface area contributed by atoms with Crippen molar-refractivity contribution in [3.63, 3.8) is 0 Å². The molecular formula is C29H32N6O3. The number of primary amides is 1. The summed E-state index contributed by atoms with van der Waals surface area (Å²) in [6.45, 7) is 3.77. The predicted molar refractivity (Wildman–Crippen MR) is 148 cm³/mol. The number of hydrogen-bond donors (Lipinski definition) is 5. The molecule has 2 aromatic carbocycles. The molecule has 9 nitrogen and oxygen atoms in total. The Kier molecular flexibility index (Phi) is 8.06. The van der Waals surface area contributed by atoms with Gasteiger partial charge in [0, 0.05) is 37.1 Å². The molecular weight excluding hydrogens is 480 g/mol. The van der Waals surface area contributed by atoms with E-state index in [1.807, 2.05) is 43.5 Å². The van der Waals surface area contributed by atoms with Crippen molar-refractivity contribution in [3.05, 3.63) is 89.4 Å². The molecule has 38 heavy (non-hydrogen) atoms. The molecule has 4 rings (SSSR count). The van der Waals surface area contributed by atoms with Crippen molar-refractivity contribution in [1.29, 1.82) is 0 Å². The van der Waals surface area contributed by atoms with E-state index in [-0.39, 0.29) is 23.4 Å². The molecule has 1 saturated carbocycles. The van der Waals surface area contributed by atoms with Crippen LogP contribution < -0.4 is 22.1 Å². The molecule has 1 aliphatic carbocycles. The minimum atomic E-state index is -0.634. The zero-order valence-electron chi connectivity index (χ0n) is 21.5. The standard InChI is InChI=1S/C29H32N6O3/c1-17(20-9-10-20)34-27(25(14-30)28(31)37)26-13-23(16-32-26)21-6-3-5-19(11-21)15-33-29(38)22-7-4-8-24(12-22)35-18(2)36/h3-8,11-14,16-17,20,32H,9-10,15,30H2,1-2H3,(H2,31,37)(H,33,38)(H,35,36)/t17-/m1/s1. The van der Waals surface area contributed by atoms with Gasteiger partial charge in [-0.05, 0) is 72.7 Å². The monoisotopic (exact) mass is 512 g/mol. The van der Waals surface area contributed by atoms with Crippen molar-refractivity contribution in [1.82, 2.24) is 10.3 Å². The number of nitrogens with two attached hydrogens (primary N) is 2. The van der Waals surface area contributed by atoms with Crippen LogP contribution in [0, 0.1) is 5.92 Å². The van der Waals surface area contributed by atoms with Gasteiger partial charge in [-0.15, -0.1) is 0 Å². The Morgan fingerprint density at radius 1 is 1.11 bits per heavy atom. The smallest absolute Gasteiger partial charge is 0.252 e. The first kappa shape index (κ1) is 26.4. The van der Waals surface area contributed by atoms with E-state index in [0.717, 1.165) is 29.5 Å². The average molecular weight is 513 g/mol. The summed E-state index contributed by atoms with van der Waals surface area (Å²) in [5.74, 6) is -0.574. The van der Waals surface area contributed by atoms with Crippen molar-refractivity contribution < 1.29 is 14.4 Å². The molecule has 1 heterocycles. The van der Waals surface area contributed by atoms with Gasteiger partial charge in [-0.25, -0.2) is 0 Å². The molecule has 1 aromatic heterocycles. The van der Waals surface area contributed by atoms with Crippen LogP contribution in [0.3, 0.4) is 0 Å². The number of anilines is 1. The van der Waals surface area contributed by atoms with Crippen LogP contribution in [-0.4, -0.2) is 34.5 Å². The van der Waals surface area contributed by atoms with Crippen molar-refractivity contribution in [2.75, 3.05) is 5.32 Å². The quantitative estimate of drug-likeness (QED) is 0.208. The summed E-state index contributed by atoms with van der Waals surface area (Å²) in [7, 11) is 0. The van der Waals surface area contributed by atoms with Gasteiger partial charge in [0.1, 0.15) is 0 Å². The Bertz CT molecular complexity index is 1420. The van der Waals surface area contributed by atoms with E-state index in [1.165, 1.54) is 13.1 Å². The van der Waals surface area contributed by atoms with E-state index < -0.39 is 5.91 Å². The van der Waals surface area contributed by atoms with Gasteiger partial charge in [-0.2, -0.15) is 0 Å². The van der Waals surface area contributed by atoms with Crippen LogP contribution in [0.4, 0.5) is 5.69 Å². The number of hydrogen-bond acceptors (Lipinski definition) is 5. The zero-order chi connectivity index (χ0) is 27.2. The van der Waals surface area contributed by atoms with Gasteiger partial charge in [0.05, 0.1) is 23.0 Å². The lowest BCUT2D eigenvalue weighted by atomic mass is 10.0. The fourth-order valence-corrected chi connectivity index (χ4v) is 4.23. The summed E-state index contributed by atoms with van der Waals surface area (Å²) >= 11 is 0. The van der Waals surface area contributed by atoms with Gasteiger partial charge in [0.2, 0.25) is 5.91 Å². The third kappa shape index (κ3) is 6.56. The highest BCUT2D eigenvalue weighted by Crippen LogP contribution is 2.35. The maximum absolute atomic E-state index is 12.7. The van der Waals surface area contributed by atoms with E-state index in [9.17, 15) is 14.4 Å². The van der Waals surface area contributed by atoms with Crippen LogP contribution in [-0.2, 0) is 16.1 Å². The van der Waals surface area contributed by atoms with Crippen LogP contribution in [0.1, 0.15) is 48.3 Å². The number of H-pyrrole nitrogens is 1. The van der Waals surface area contributed by atoms with Crippen LogP contribution in [0.15, 0.2) is 77.6 Å². The summed E-state index contributed by atoms with van der Waals surface area (Å²) < 4.78 is 0.